The van der Waals surface area contributed by atoms with E-state index in [1.54, 1.807) is 29.8 Å². The highest BCUT2D eigenvalue weighted by Gasteiger charge is 2.35. The van der Waals surface area contributed by atoms with E-state index in [1.807, 2.05) is 27.7 Å². The maximum Gasteiger partial charge on any atom is 0.337 e. The number of hydrogen-bond acceptors (Lipinski definition) is 5. The number of aromatic nitrogens is 2. The van der Waals surface area contributed by atoms with Crippen LogP contribution in [0.1, 0.15) is 76.0 Å². The van der Waals surface area contributed by atoms with Gasteiger partial charge in [0, 0.05) is 28.4 Å². The summed E-state index contributed by atoms with van der Waals surface area (Å²) in [5, 5.41) is 10.0. The number of ether oxygens (including phenoxy) is 1. The topological polar surface area (TPSA) is 72.3 Å². The van der Waals surface area contributed by atoms with E-state index in [4.69, 9.17) is 4.74 Å². The summed E-state index contributed by atoms with van der Waals surface area (Å²) in [4.78, 5) is 23.0. The third kappa shape index (κ3) is 4.93. The van der Waals surface area contributed by atoms with Crippen molar-refractivity contribution in [2.24, 2.45) is 5.41 Å². The molecule has 0 saturated heterocycles. The Bertz CT molecular complexity index is 924. The third-order valence-electron chi connectivity index (χ3n) is 5.15. The van der Waals surface area contributed by atoms with Crippen LogP contribution in [0, 0.1) is 12.3 Å². The van der Waals surface area contributed by atoms with Crippen LogP contribution in [0.3, 0.4) is 0 Å². The van der Waals surface area contributed by atoms with Crippen molar-refractivity contribution in [2.75, 3.05) is 0 Å². The van der Waals surface area contributed by atoms with Crippen LogP contribution in [0.15, 0.2) is 24.5 Å². The number of allylic oxidation sites excluding steroid dienone is 2. The second kappa shape index (κ2) is 8.00. The number of carbonyl (C=O) groups is 1. The Morgan fingerprint density at radius 3 is 2.45 bits per heavy atom. The van der Waals surface area contributed by atoms with Gasteiger partial charge in [-0.15, -0.1) is 11.3 Å². The summed E-state index contributed by atoms with van der Waals surface area (Å²) < 4.78 is 6.03. The molecule has 0 saturated carbocycles. The molecule has 6 heteroatoms. The van der Waals surface area contributed by atoms with Gasteiger partial charge in [-0.2, -0.15) is 0 Å². The molecule has 1 aliphatic rings. The minimum absolute atomic E-state index is 0.256. The van der Waals surface area contributed by atoms with E-state index in [-0.39, 0.29) is 5.41 Å². The van der Waals surface area contributed by atoms with Gasteiger partial charge in [-0.25, -0.2) is 14.8 Å². The molecular weight excluding hydrogens is 384 g/mol. The summed E-state index contributed by atoms with van der Waals surface area (Å²) in [7, 11) is 0. The zero-order chi connectivity index (χ0) is 21.4. The van der Waals surface area contributed by atoms with Crippen molar-refractivity contribution in [2.45, 2.75) is 72.5 Å². The van der Waals surface area contributed by atoms with Crippen molar-refractivity contribution >= 4 is 22.9 Å². The van der Waals surface area contributed by atoms with Crippen molar-refractivity contribution in [3.05, 3.63) is 40.5 Å². The van der Waals surface area contributed by atoms with Crippen LogP contribution in [0.4, 0.5) is 0 Å². The highest BCUT2D eigenvalue weighted by molar-refractivity contribution is 7.16. The Morgan fingerprint density at radius 2 is 1.93 bits per heavy atom. The second-order valence-corrected chi connectivity index (χ2v) is 10.6. The molecule has 0 aromatic carbocycles. The standard InChI is InChI=1S/C23H30N2O3S/c1-14-16(18(21(26)27)28-22(2,3)4)17(15-8-10-23(5,6)11-9-15)19(29-14)20-24-12-7-13-25-20/h7-8,12-13,18H,9-11H2,1-6H3,(H,26,27). The molecule has 0 radical (unpaired) electrons. The number of aliphatic carboxylic acids is 1. The number of aryl methyl sites for hydroxylation is 1. The van der Waals surface area contributed by atoms with E-state index in [9.17, 15) is 9.90 Å². The molecule has 5 nitrogen and oxygen atoms in total. The van der Waals surface area contributed by atoms with E-state index in [2.05, 4.69) is 29.9 Å². The average Bonchev–Trinajstić information content (AvgIpc) is 2.96. The van der Waals surface area contributed by atoms with Gasteiger partial charge in [0.15, 0.2) is 11.9 Å². The lowest BCUT2D eigenvalue weighted by Gasteiger charge is -2.30. The lowest BCUT2D eigenvalue weighted by molar-refractivity contribution is -0.160. The van der Waals surface area contributed by atoms with Gasteiger partial charge in [0.25, 0.3) is 0 Å². The summed E-state index contributed by atoms with van der Waals surface area (Å²) in [6.07, 6.45) is 7.59. The molecule has 1 aliphatic carbocycles. The molecule has 1 N–H and O–H groups in total. The van der Waals surface area contributed by atoms with Gasteiger partial charge in [0.05, 0.1) is 10.5 Å². The van der Waals surface area contributed by atoms with Gasteiger partial charge in [-0.3, -0.25) is 0 Å². The summed E-state index contributed by atoms with van der Waals surface area (Å²) in [5.74, 6) is -0.341. The van der Waals surface area contributed by atoms with Crippen LogP contribution in [0.25, 0.3) is 16.3 Å². The molecule has 0 spiro atoms. The van der Waals surface area contributed by atoms with Crippen LogP contribution in [-0.4, -0.2) is 26.6 Å². The zero-order valence-electron chi connectivity index (χ0n) is 18.1. The highest BCUT2D eigenvalue weighted by Crippen LogP contribution is 2.48. The van der Waals surface area contributed by atoms with Gasteiger partial charge in [0.2, 0.25) is 0 Å². The van der Waals surface area contributed by atoms with Crippen molar-refractivity contribution < 1.29 is 14.6 Å². The quantitative estimate of drug-likeness (QED) is 0.645. The predicted octanol–water partition coefficient (Wildman–Crippen LogP) is 6.05. The van der Waals surface area contributed by atoms with Crippen LogP contribution in [0.5, 0.6) is 0 Å². The molecule has 0 fully saturated rings. The molecule has 1 unspecified atom stereocenters. The molecule has 156 valence electrons. The van der Waals surface area contributed by atoms with Crippen molar-refractivity contribution in [3.8, 4) is 10.7 Å². The SMILES string of the molecule is Cc1sc(-c2ncccn2)c(C2=CCC(C)(C)CC2)c1C(OC(C)(C)C)C(=O)O. The number of rotatable bonds is 5. The fourth-order valence-electron chi connectivity index (χ4n) is 3.66. The maximum atomic E-state index is 12.2. The molecule has 1 atom stereocenters. The lowest BCUT2D eigenvalue weighted by atomic mass is 9.76. The zero-order valence-corrected chi connectivity index (χ0v) is 18.9. The Balaban J connectivity index is 2.22. The van der Waals surface area contributed by atoms with E-state index < -0.39 is 17.7 Å². The van der Waals surface area contributed by atoms with E-state index >= 15 is 0 Å². The van der Waals surface area contributed by atoms with Crippen molar-refractivity contribution in [3.63, 3.8) is 0 Å². The van der Waals surface area contributed by atoms with Gasteiger partial charge in [-0.05, 0) is 64.0 Å². The Kier molecular flexibility index (Phi) is 5.97. The molecular formula is C23H30N2O3S. The van der Waals surface area contributed by atoms with Gasteiger partial charge in [0.1, 0.15) is 0 Å². The fraction of sp³-hybridized carbons (Fsp3) is 0.522. The number of carboxylic acids is 1. The van der Waals surface area contributed by atoms with Crippen LogP contribution in [-0.2, 0) is 9.53 Å². The first-order chi connectivity index (χ1) is 13.5. The largest absolute Gasteiger partial charge is 0.479 e. The third-order valence-corrected chi connectivity index (χ3v) is 6.27. The van der Waals surface area contributed by atoms with Gasteiger partial charge < -0.3 is 9.84 Å². The summed E-state index contributed by atoms with van der Waals surface area (Å²) in [6.45, 7) is 12.1. The van der Waals surface area contributed by atoms with Crippen molar-refractivity contribution in [1.29, 1.82) is 0 Å². The second-order valence-electron chi connectivity index (χ2n) is 9.39. The monoisotopic (exact) mass is 414 g/mol. The molecule has 3 rings (SSSR count). The molecule has 0 amide bonds. The molecule has 29 heavy (non-hydrogen) atoms. The minimum Gasteiger partial charge on any atom is -0.479 e. The number of nitrogens with zero attached hydrogens (tertiary/aromatic N) is 2. The predicted molar refractivity (Wildman–Crippen MR) is 117 cm³/mol. The normalized spacial score (nSPS) is 17.7. The van der Waals surface area contributed by atoms with Crippen LogP contribution >= 0.6 is 11.3 Å². The molecule has 0 bridgehead atoms. The number of thiophene rings is 1. The van der Waals surface area contributed by atoms with Crippen LogP contribution in [0.2, 0.25) is 0 Å². The Morgan fingerprint density at radius 1 is 1.28 bits per heavy atom. The molecule has 2 heterocycles. The molecule has 0 aliphatic heterocycles. The first-order valence-corrected chi connectivity index (χ1v) is 10.8. The molecule has 2 aromatic heterocycles. The lowest BCUT2D eigenvalue weighted by Crippen LogP contribution is -2.28. The smallest absolute Gasteiger partial charge is 0.337 e. The van der Waals surface area contributed by atoms with E-state index in [0.29, 0.717) is 5.82 Å². The molecule has 2 aromatic rings. The average molecular weight is 415 g/mol. The maximum absolute atomic E-state index is 12.2. The summed E-state index contributed by atoms with van der Waals surface area (Å²) in [6, 6.07) is 1.79. The summed E-state index contributed by atoms with van der Waals surface area (Å²) in [5.41, 5.74) is 2.54. The fourth-order valence-corrected chi connectivity index (χ4v) is 4.82. The van der Waals surface area contributed by atoms with Crippen molar-refractivity contribution in [1.82, 2.24) is 9.97 Å². The van der Waals surface area contributed by atoms with Gasteiger partial charge in [-0.1, -0.05) is 19.9 Å². The first kappa shape index (κ1) is 21.7. The van der Waals surface area contributed by atoms with Crippen LogP contribution < -0.4 is 0 Å². The first-order valence-electron chi connectivity index (χ1n) is 9.99. The Labute approximate surface area is 176 Å². The van der Waals surface area contributed by atoms with Gasteiger partial charge >= 0.3 is 5.97 Å². The summed E-state index contributed by atoms with van der Waals surface area (Å²) >= 11 is 1.55. The highest BCUT2D eigenvalue weighted by atomic mass is 32.1. The van der Waals surface area contributed by atoms with E-state index in [1.165, 1.54) is 5.57 Å². The number of carboxylic acid groups (broad SMARTS) is 1. The Hall–Kier alpha value is -2.05. The van der Waals surface area contributed by atoms with E-state index in [0.717, 1.165) is 40.1 Å². The number of hydrogen-bond donors (Lipinski definition) is 1. The minimum atomic E-state index is -1.03.